The van der Waals surface area contributed by atoms with Crippen LogP contribution in [0.3, 0.4) is 0 Å². The molecule has 0 amide bonds. The summed E-state index contributed by atoms with van der Waals surface area (Å²) in [4.78, 5) is 2.53. The first-order chi connectivity index (χ1) is 5.27. The Morgan fingerprint density at radius 2 is 2.36 bits per heavy atom. The molecule has 0 saturated heterocycles. The Morgan fingerprint density at radius 3 is 2.73 bits per heavy atom. The molecule has 1 nitrogen and oxygen atoms in total. The third-order valence-electron chi connectivity index (χ3n) is 1.60. The van der Waals surface area contributed by atoms with Crippen molar-refractivity contribution in [3.05, 3.63) is 21.9 Å². The molecule has 1 atom stereocenters. The van der Waals surface area contributed by atoms with E-state index in [0.717, 1.165) is 5.75 Å². The molecule has 0 fully saturated rings. The Kier molecular flexibility index (Phi) is 3.43. The monoisotopic (exact) mass is 188 g/mol. The second kappa shape index (κ2) is 4.14. The molecule has 0 aromatic carbocycles. The summed E-state index contributed by atoms with van der Waals surface area (Å²) in [7, 11) is 0. The SMILES string of the molecule is Cc1ccc(C(CO)CS)s1. The fraction of sp³-hybridized carbons (Fsp3) is 0.500. The van der Waals surface area contributed by atoms with Crippen molar-refractivity contribution in [3.63, 3.8) is 0 Å². The average molecular weight is 188 g/mol. The maximum absolute atomic E-state index is 8.95. The van der Waals surface area contributed by atoms with Crippen molar-refractivity contribution in [1.82, 2.24) is 0 Å². The van der Waals surface area contributed by atoms with Gasteiger partial charge < -0.3 is 5.11 Å². The maximum atomic E-state index is 8.95. The van der Waals surface area contributed by atoms with Crippen LogP contribution in [0.1, 0.15) is 15.7 Å². The van der Waals surface area contributed by atoms with Gasteiger partial charge in [-0.05, 0) is 19.1 Å². The first-order valence-electron chi connectivity index (χ1n) is 3.56. The molecule has 3 heteroatoms. The smallest absolute Gasteiger partial charge is 0.0515 e. The zero-order chi connectivity index (χ0) is 8.27. The molecule has 1 N–H and O–H groups in total. The van der Waals surface area contributed by atoms with Crippen molar-refractivity contribution >= 4 is 24.0 Å². The van der Waals surface area contributed by atoms with E-state index in [1.807, 2.05) is 0 Å². The first kappa shape index (κ1) is 9.10. The molecule has 62 valence electrons. The molecule has 1 rings (SSSR count). The summed E-state index contributed by atoms with van der Waals surface area (Å²) in [5.41, 5.74) is 0. The van der Waals surface area contributed by atoms with E-state index < -0.39 is 0 Å². The standard InChI is InChI=1S/C8H12OS2/c1-6-2-3-8(11-6)7(4-9)5-10/h2-3,7,9-10H,4-5H2,1H3. The first-order valence-corrected chi connectivity index (χ1v) is 5.01. The van der Waals surface area contributed by atoms with Gasteiger partial charge in [0, 0.05) is 21.4 Å². The summed E-state index contributed by atoms with van der Waals surface area (Å²) < 4.78 is 0. The largest absolute Gasteiger partial charge is 0.396 e. The van der Waals surface area contributed by atoms with Crippen molar-refractivity contribution in [2.75, 3.05) is 12.4 Å². The molecule has 1 aromatic heterocycles. The normalized spacial score (nSPS) is 13.4. The zero-order valence-electron chi connectivity index (χ0n) is 6.45. The van der Waals surface area contributed by atoms with Crippen LogP contribution in [0.4, 0.5) is 0 Å². The third kappa shape index (κ3) is 2.22. The summed E-state index contributed by atoms with van der Waals surface area (Å²) in [5.74, 6) is 0.938. The van der Waals surface area contributed by atoms with Gasteiger partial charge in [0.2, 0.25) is 0 Å². The Hall–Kier alpha value is 0.01000. The summed E-state index contributed by atoms with van der Waals surface area (Å²) in [6.45, 7) is 2.27. The molecule has 0 aliphatic carbocycles. The van der Waals surface area contributed by atoms with Crippen molar-refractivity contribution in [2.24, 2.45) is 0 Å². The molecule has 0 bridgehead atoms. The quantitative estimate of drug-likeness (QED) is 0.696. The predicted octanol–water partition coefficient (Wildman–Crippen LogP) is 2.06. The molecule has 0 aliphatic heterocycles. The van der Waals surface area contributed by atoms with Gasteiger partial charge in [-0.1, -0.05) is 0 Å². The Balaban J connectivity index is 2.73. The van der Waals surface area contributed by atoms with E-state index in [9.17, 15) is 0 Å². The topological polar surface area (TPSA) is 20.2 Å². The molecular weight excluding hydrogens is 176 g/mol. The van der Waals surface area contributed by atoms with Gasteiger partial charge in [0.05, 0.1) is 6.61 Å². The molecule has 0 radical (unpaired) electrons. The summed E-state index contributed by atoms with van der Waals surface area (Å²) >= 11 is 5.90. The van der Waals surface area contributed by atoms with Gasteiger partial charge in [0.1, 0.15) is 0 Å². The van der Waals surface area contributed by atoms with Gasteiger partial charge >= 0.3 is 0 Å². The van der Waals surface area contributed by atoms with Gasteiger partial charge in [0.25, 0.3) is 0 Å². The molecule has 1 heterocycles. The summed E-state index contributed by atoms with van der Waals surface area (Å²) in [5, 5.41) is 8.95. The average Bonchev–Trinajstić information content (AvgIpc) is 2.39. The third-order valence-corrected chi connectivity index (χ3v) is 3.21. The van der Waals surface area contributed by atoms with Crippen molar-refractivity contribution in [2.45, 2.75) is 12.8 Å². The number of hydrogen-bond acceptors (Lipinski definition) is 3. The van der Waals surface area contributed by atoms with Crippen LogP contribution in [-0.4, -0.2) is 17.5 Å². The van der Waals surface area contributed by atoms with Crippen molar-refractivity contribution in [1.29, 1.82) is 0 Å². The maximum Gasteiger partial charge on any atom is 0.0515 e. The van der Waals surface area contributed by atoms with E-state index in [1.165, 1.54) is 9.75 Å². The van der Waals surface area contributed by atoms with Crippen LogP contribution in [-0.2, 0) is 0 Å². The summed E-state index contributed by atoms with van der Waals surface area (Å²) in [6, 6.07) is 4.14. The highest BCUT2D eigenvalue weighted by atomic mass is 32.1. The number of aryl methyl sites for hydroxylation is 1. The van der Waals surface area contributed by atoms with Crippen molar-refractivity contribution < 1.29 is 5.11 Å². The minimum Gasteiger partial charge on any atom is -0.396 e. The van der Waals surface area contributed by atoms with Crippen LogP contribution >= 0.6 is 24.0 Å². The highest BCUT2D eigenvalue weighted by Gasteiger charge is 2.09. The number of thiophene rings is 1. The molecule has 1 unspecified atom stereocenters. The lowest BCUT2D eigenvalue weighted by Crippen LogP contribution is -2.02. The number of aliphatic hydroxyl groups excluding tert-OH is 1. The number of aliphatic hydroxyl groups is 1. The molecular formula is C8H12OS2. The zero-order valence-corrected chi connectivity index (χ0v) is 8.16. The van der Waals surface area contributed by atoms with E-state index in [4.69, 9.17) is 5.11 Å². The van der Waals surface area contributed by atoms with E-state index in [1.54, 1.807) is 11.3 Å². The second-order valence-electron chi connectivity index (χ2n) is 2.51. The Bertz CT molecular complexity index is 216. The van der Waals surface area contributed by atoms with E-state index >= 15 is 0 Å². The lowest BCUT2D eigenvalue weighted by atomic mass is 10.1. The minimum absolute atomic E-state index is 0.198. The number of rotatable bonds is 3. The molecule has 0 spiro atoms. The molecule has 0 saturated carbocycles. The molecule has 0 aliphatic rings. The Morgan fingerprint density at radius 1 is 1.64 bits per heavy atom. The van der Waals surface area contributed by atoms with Crippen LogP contribution in [0.15, 0.2) is 12.1 Å². The van der Waals surface area contributed by atoms with Gasteiger partial charge in [-0.15, -0.1) is 11.3 Å². The molecule has 1 aromatic rings. The molecule has 11 heavy (non-hydrogen) atoms. The number of thiol groups is 1. The second-order valence-corrected chi connectivity index (χ2v) is 4.20. The fourth-order valence-corrected chi connectivity index (χ4v) is 2.31. The lowest BCUT2D eigenvalue weighted by molar-refractivity contribution is 0.276. The van der Waals surface area contributed by atoms with Crippen LogP contribution in [0.5, 0.6) is 0 Å². The van der Waals surface area contributed by atoms with Gasteiger partial charge in [-0.3, -0.25) is 0 Å². The fourth-order valence-electron chi connectivity index (χ4n) is 0.911. The lowest BCUT2D eigenvalue weighted by Gasteiger charge is -2.06. The van der Waals surface area contributed by atoms with E-state index in [2.05, 4.69) is 31.7 Å². The van der Waals surface area contributed by atoms with Crippen LogP contribution in [0.25, 0.3) is 0 Å². The van der Waals surface area contributed by atoms with Gasteiger partial charge in [0.15, 0.2) is 0 Å². The van der Waals surface area contributed by atoms with Crippen LogP contribution < -0.4 is 0 Å². The van der Waals surface area contributed by atoms with E-state index in [-0.39, 0.29) is 12.5 Å². The van der Waals surface area contributed by atoms with Crippen LogP contribution in [0.2, 0.25) is 0 Å². The summed E-state index contributed by atoms with van der Waals surface area (Å²) in [6.07, 6.45) is 0. The van der Waals surface area contributed by atoms with Gasteiger partial charge in [-0.2, -0.15) is 12.6 Å². The van der Waals surface area contributed by atoms with Crippen molar-refractivity contribution in [3.8, 4) is 0 Å². The minimum atomic E-state index is 0.198. The predicted molar refractivity (Wildman–Crippen MR) is 52.7 cm³/mol. The highest BCUT2D eigenvalue weighted by Crippen LogP contribution is 2.24. The highest BCUT2D eigenvalue weighted by molar-refractivity contribution is 7.80. The van der Waals surface area contributed by atoms with Crippen LogP contribution in [0, 0.1) is 6.92 Å². The number of hydrogen-bond donors (Lipinski definition) is 2. The van der Waals surface area contributed by atoms with E-state index in [0.29, 0.717) is 0 Å². The van der Waals surface area contributed by atoms with Gasteiger partial charge in [-0.25, -0.2) is 0 Å². The Labute approximate surface area is 76.5 Å².